The fraction of sp³-hybridized carbons (Fsp3) is 0.125. The van der Waals surface area contributed by atoms with E-state index in [1.807, 2.05) is 48.7 Å². The lowest BCUT2D eigenvalue weighted by Gasteiger charge is -2.19. The van der Waals surface area contributed by atoms with Gasteiger partial charge in [0.2, 0.25) is 0 Å². The number of aromatic nitrogens is 1. The first-order valence-corrected chi connectivity index (χ1v) is 7.25. The lowest BCUT2D eigenvalue weighted by molar-refractivity contribution is -0.624. The molecule has 0 atom stereocenters. The third-order valence-electron chi connectivity index (χ3n) is 3.69. The number of ether oxygens (including phenoxy) is 1. The summed E-state index contributed by atoms with van der Waals surface area (Å²) in [5.74, 6) is 0.360. The van der Waals surface area contributed by atoms with Crippen LogP contribution in [0.4, 0.5) is 5.69 Å². The van der Waals surface area contributed by atoms with Crippen LogP contribution >= 0.6 is 0 Å². The van der Waals surface area contributed by atoms with Crippen LogP contribution in [0.2, 0.25) is 0 Å². The predicted molar refractivity (Wildman–Crippen MR) is 83.0 cm³/mol. The molecular weight excluding hydrogens is 294 g/mol. The van der Waals surface area contributed by atoms with Crippen molar-refractivity contribution in [2.24, 2.45) is 4.99 Å². The maximum Gasteiger partial charge on any atom is 0.184 e. The van der Waals surface area contributed by atoms with E-state index in [0.29, 0.717) is 11.4 Å². The molecule has 0 unspecified atom stereocenters. The van der Waals surface area contributed by atoms with Crippen molar-refractivity contribution in [3.63, 3.8) is 0 Å². The molecule has 0 spiro atoms. The van der Waals surface area contributed by atoms with E-state index in [1.165, 1.54) is 0 Å². The molecule has 1 aromatic heterocycles. The third kappa shape index (κ3) is 2.52. The van der Waals surface area contributed by atoms with E-state index in [4.69, 9.17) is 4.74 Å². The summed E-state index contributed by atoms with van der Waals surface area (Å²) >= 11 is 0. The number of aryl methyl sites for hydroxylation is 1. The molecule has 2 aliphatic heterocycles. The van der Waals surface area contributed by atoms with Crippen molar-refractivity contribution in [1.29, 1.82) is 0 Å². The smallest absolute Gasteiger partial charge is 0.184 e. The maximum absolute atomic E-state index is 11.4. The van der Waals surface area contributed by atoms with Gasteiger partial charge >= 0.3 is 0 Å². The van der Waals surface area contributed by atoms with Gasteiger partial charge in [-0.15, -0.1) is 0 Å². The number of pyridine rings is 1. The van der Waals surface area contributed by atoms with Gasteiger partial charge in [0.05, 0.1) is 5.69 Å². The molecule has 0 bridgehead atoms. The summed E-state index contributed by atoms with van der Waals surface area (Å²) in [7, 11) is 0. The van der Waals surface area contributed by atoms with Crippen LogP contribution in [0, 0.1) is 6.92 Å². The van der Waals surface area contributed by atoms with Gasteiger partial charge in [-0.25, -0.2) is 5.43 Å². The predicted octanol–water partition coefficient (Wildman–Crippen LogP) is -0.415. The second-order valence-electron chi connectivity index (χ2n) is 5.34. The minimum absolute atomic E-state index is 0.00272. The van der Waals surface area contributed by atoms with Gasteiger partial charge < -0.3 is 9.84 Å². The zero-order valence-corrected chi connectivity index (χ0v) is 12.5. The van der Waals surface area contributed by atoms with Crippen molar-refractivity contribution in [3.05, 3.63) is 53.3 Å². The molecule has 0 saturated carbocycles. The number of fused-ring (bicyclic) bond motifs is 1. The standard InChI is InChI=1S/C16H15N5O2/c1-9-3-2-4-11(17-9)16-15(19-21-20-16)10-5-6-13-12(7-10)18-14(22)8-23-13/h2-7,19-21H,8H2,1H3,(H,18,22). The van der Waals surface area contributed by atoms with E-state index in [-0.39, 0.29) is 12.5 Å². The van der Waals surface area contributed by atoms with Crippen molar-refractivity contribution < 1.29 is 15.3 Å². The first kappa shape index (κ1) is 13.7. The third-order valence-corrected chi connectivity index (χ3v) is 3.69. The fourth-order valence-corrected chi connectivity index (χ4v) is 2.63. The van der Waals surface area contributed by atoms with Crippen LogP contribution in [0.15, 0.2) is 41.4 Å². The van der Waals surface area contributed by atoms with Crippen molar-refractivity contribution in [2.75, 3.05) is 6.61 Å². The highest BCUT2D eigenvalue weighted by Crippen LogP contribution is 2.33. The molecule has 4 rings (SSSR count). The summed E-state index contributed by atoms with van der Waals surface area (Å²) in [4.78, 5) is 8.58. The van der Waals surface area contributed by atoms with Crippen LogP contribution in [0.5, 0.6) is 5.75 Å². The Morgan fingerprint density at radius 1 is 1.26 bits per heavy atom. The highest BCUT2D eigenvalue weighted by molar-refractivity contribution is 5.87. The van der Waals surface area contributed by atoms with Crippen molar-refractivity contribution in [1.82, 2.24) is 15.9 Å². The molecule has 4 N–H and O–H groups in total. The van der Waals surface area contributed by atoms with Gasteiger partial charge in [-0.2, -0.15) is 0 Å². The second-order valence-corrected chi connectivity index (χ2v) is 5.34. The molecule has 1 aromatic carbocycles. The summed E-state index contributed by atoms with van der Waals surface area (Å²) in [5, 5.41) is 11.4. The van der Waals surface area contributed by atoms with Gasteiger partial charge in [-0.05, 0) is 37.3 Å². The molecule has 3 heterocycles. The van der Waals surface area contributed by atoms with E-state index < -0.39 is 0 Å². The van der Waals surface area contributed by atoms with Gasteiger partial charge in [-0.3, -0.25) is 15.4 Å². The molecule has 23 heavy (non-hydrogen) atoms. The summed E-state index contributed by atoms with van der Waals surface area (Å²) in [6.45, 7) is 1.96. The number of hydrogen-bond acceptors (Lipinski definition) is 6. The molecular formula is C16H15N5O2. The Bertz CT molecular complexity index is 844. The average Bonchev–Trinajstić information content (AvgIpc) is 3.03. The van der Waals surface area contributed by atoms with E-state index >= 15 is 0 Å². The molecule has 7 nitrogen and oxygen atoms in total. The normalized spacial score (nSPS) is 16.5. The van der Waals surface area contributed by atoms with Gasteiger partial charge in [-0.1, -0.05) is 11.6 Å². The molecule has 0 radical (unpaired) electrons. The monoisotopic (exact) mass is 309 g/mol. The number of nitrogens with one attached hydrogen (secondary N) is 2. The number of rotatable bonds is 2. The summed E-state index contributed by atoms with van der Waals surface area (Å²) in [6.07, 6.45) is 0. The Balaban J connectivity index is 1.80. The van der Waals surface area contributed by atoms with Gasteiger partial charge in [0.15, 0.2) is 5.70 Å². The van der Waals surface area contributed by atoms with E-state index in [0.717, 1.165) is 28.3 Å². The van der Waals surface area contributed by atoms with Gasteiger partial charge in [0, 0.05) is 17.2 Å². The van der Waals surface area contributed by atoms with Crippen molar-refractivity contribution in [2.45, 2.75) is 6.92 Å². The van der Waals surface area contributed by atoms with E-state index in [9.17, 15) is 5.11 Å². The molecule has 0 amide bonds. The molecule has 116 valence electrons. The first-order chi connectivity index (χ1) is 11.2. The topological polar surface area (TPSA) is 98.2 Å². The SMILES string of the molecule is Cc1cccc(C2=C(c3ccc4c(c3)N=C([O-])CO4)[NH2+]NN2)n1. The minimum atomic E-state index is -0.268. The molecule has 0 aliphatic carbocycles. The number of hydrazine groups is 1. The Morgan fingerprint density at radius 3 is 3.04 bits per heavy atom. The number of nitrogens with two attached hydrogens (primary N) is 1. The van der Waals surface area contributed by atoms with Crippen LogP contribution in [-0.2, 0) is 0 Å². The Hall–Kier alpha value is -2.90. The van der Waals surface area contributed by atoms with Crippen LogP contribution < -0.4 is 26.2 Å². The van der Waals surface area contributed by atoms with Crippen LogP contribution in [-0.4, -0.2) is 17.5 Å². The molecule has 7 heteroatoms. The molecule has 2 aromatic rings. The summed E-state index contributed by atoms with van der Waals surface area (Å²) in [5.41, 5.74) is 13.1. The Labute approximate surface area is 132 Å². The van der Waals surface area contributed by atoms with Crippen molar-refractivity contribution >= 4 is 23.0 Å². The minimum Gasteiger partial charge on any atom is -0.859 e. The van der Waals surface area contributed by atoms with Crippen LogP contribution in [0.3, 0.4) is 0 Å². The van der Waals surface area contributed by atoms with Gasteiger partial charge in [0.25, 0.3) is 0 Å². The van der Waals surface area contributed by atoms with Crippen LogP contribution in [0.1, 0.15) is 17.0 Å². The van der Waals surface area contributed by atoms with Crippen LogP contribution in [0.25, 0.3) is 11.4 Å². The lowest BCUT2D eigenvalue weighted by atomic mass is 10.1. The quantitative estimate of drug-likeness (QED) is 0.655. The molecule has 0 fully saturated rings. The Kier molecular flexibility index (Phi) is 3.22. The highest BCUT2D eigenvalue weighted by atomic mass is 16.5. The summed E-state index contributed by atoms with van der Waals surface area (Å²) < 4.78 is 5.37. The van der Waals surface area contributed by atoms with E-state index in [2.05, 4.69) is 20.9 Å². The zero-order chi connectivity index (χ0) is 15.8. The Morgan fingerprint density at radius 2 is 2.17 bits per heavy atom. The lowest BCUT2D eigenvalue weighted by Crippen LogP contribution is -2.89. The first-order valence-electron chi connectivity index (χ1n) is 7.25. The number of nitrogens with zero attached hydrogens (tertiary/aromatic N) is 2. The van der Waals surface area contributed by atoms with E-state index in [1.54, 1.807) is 0 Å². The largest absolute Gasteiger partial charge is 0.859 e. The average molecular weight is 309 g/mol. The maximum atomic E-state index is 11.4. The number of quaternary nitrogens is 1. The summed E-state index contributed by atoms with van der Waals surface area (Å²) in [6, 6.07) is 11.5. The number of aliphatic imine (C=N–C) groups is 1. The fourth-order valence-electron chi connectivity index (χ4n) is 2.63. The molecule has 2 aliphatic rings. The zero-order valence-electron chi connectivity index (χ0n) is 12.5. The highest BCUT2D eigenvalue weighted by Gasteiger charge is 2.24. The van der Waals surface area contributed by atoms with Crippen molar-refractivity contribution in [3.8, 4) is 5.75 Å². The second kappa shape index (κ2) is 5.38. The van der Waals surface area contributed by atoms with Gasteiger partial charge in [0.1, 0.15) is 23.7 Å². The molecule has 0 saturated heterocycles. The number of benzene rings is 1. The number of hydrogen-bond donors (Lipinski definition) is 3.